The van der Waals surface area contributed by atoms with Crippen LogP contribution < -0.4 is 5.73 Å². The first-order valence-electron chi connectivity index (χ1n) is 5.22. The van der Waals surface area contributed by atoms with E-state index in [9.17, 15) is 4.79 Å². The number of hydrogen-bond acceptors (Lipinski definition) is 3. The Morgan fingerprint density at radius 3 is 3.13 bits per heavy atom. The summed E-state index contributed by atoms with van der Waals surface area (Å²) in [5, 5.41) is 6.46. The van der Waals surface area contributed by atoms with E-state index in [1.165, 1.54) is 0 Å². The third-order valence-corrected chi connectivity index (χ3v) is 2.99. The molecule has 2 heterocycles. The van der Waals surface area contributed by atoms with Gasteiger partial charge >= 0.3 is 0 Å². The number of hydrogen-bond donors (Lipinski definition) is 2. The molecule has 0 bridgehead atoms. The highest BCUT2D eigenvalue weighted by Gasteiger charge is 2.29. The second-order valence-electron chi connectivity index (χ2n) is 4.13. The SMILES string of the molecule is CC(N)C1CCN(C(=O)c2ccn[nH]2)C1. The van der Waals surface area contributed by atoms with Crippen LogP contribution in [0.1, 0.15) is 23.8 Å². The number of carbonyl (C=O) groups is 1. The van der Waals surface area contributed by atoms with E-state index in [2.05, 4.69) is 10.2 Å². The molecule has 2 rings (SSSR count). The summed E-state index contributed by atoms with van der Waals surface area (Å²) >= 11 is 0. The molecule has 0 spiro atoms. The lowest BCUT2D eigenvalue weighted by Gasteiger charge is -2.17. The molecule has 2 atom stereocenters. The average Bonchev–Trinajstić information content (AvgIpc) is 2.88. The maximum Gasteiger partial charge on any atom is 0.271 e. The van der Waals surface area contributed by atoms with E-state index in [-0.39, 0.29) is 11.9 Å². The Kier molecular flexibility index (Phi) is 2.73. The van der Waals surface area contributed by atoms with Crippen molar-refractivity contribution in [2.24, 2.45) is 11.7 Å². The van der Waals surface area contributed by atoms with Gasteiger partial charge in [0.2, 0.25) is 0 Å². The molecule has 15 heavy (non-hydrogen) atoms. The summed E-state index contributed by atoms with van der Waals surface area (Å²) in [6.07, 6.45) is 2.59. The Labute approximate surface area is 88.6 Å². The Morgan fingerprint density at radius 1 is 1.80 bits per heavy atom. The van der Waals surface area contributed by atoms with Gasteiger partial charge in [-0.05, 0) is 25.3 Å². The molecule has 3 N–H and O–H groups in total. The van der Waals surface area contributed by atoms with Gasteiger partial charge in [0.1, 0.15) is 5.69 Å². The first-order valence-corrected chi connectivity index (χ1v) is 5.22. The molecule has 1 aliphatic heterocycles. The molecule has 5 heteroatoms. The topological polar surface area (TPSA) is 75.0 Å². The fraction of sp³-hybridized carbons (Fsp3) is 0.600. The maximum absolute atomic E-state index is 11.9. The second-order valence-corrected chi connectivity index (χ2v) is 4.13. The lowest BCUT2D eigenvalue weighted by Crippen LogP contribution is -2.33. The lowest BCUT2D eigenvalue weighted by atomic mass is 10.0. The van der Waals surface area contributed by atoms with E-state index >= 15 is 0 Å². The average molecular weight is 208 g/mol. The van der Waals surface area contributed by atoms with Gasteiger partial charge in [0.05, 0.1) is 0 Å². The predicted octanol–water partition coefficient (Wildman–Crippen LogP) is 0.219. The Balaban J connectivity index is 1.99. The quantitative estimate of drug-likeness (QED) is 0.730. The third kappa shape index (κ3) is 2.02. The number of rotatable bonds is 2. The molecule has 1 fully saturated rings. The Morgan fingerprint density at radius 2 is 2.60 bits per heavy atom. The monoisotopic (exact) mass is 208 g/mol. The molecule has 1 aromatic rings. The third-order valence-electron chi connectivity index (χ3n) is 2.99. The summed E-state index contributed by atoms with van der Waals surface area (Å²) in [6.45, 7) is 3.55. The zero-order valence-corrected chi connectivity index (χ0v) is 8.81. The van der Waals surface area contributed by atoms with Gasteiger partial charge in [-0.15, -0.1) is 0 Å². The summed E-state index contributed by atoms with van der Waals surface area (Å²) in [6, 6.07) is 1.85. The normalized spacial score (nSPS) is 23.1. The molecule has 0 aromatic carbocycles. The van der Waals surface area contributed by atoms with Crippen LogP contribution in [0, 0.1) is 5.92 Å². The van der Waals surface area contributed by atoms with Crippen molar-refractivity contribution in [3.05, 3.63) is 18.0 Å². The number of H-pyrrole nitrogens is 1. The molecule has 1 aliphatic rings. The van der Waals surface area contributed by atoms with Crippen LogP contribution in [-0.4, -0.2) is 40.1 Å². The van der Waals surface area contributed by atoms with Crippen LogP contribution in [0.25, 0.3) is 0 Å². The summed E-state index contributed by atoms with van der Waals surface area (Å²) in [5.41, 5.74) is 6.38. The van der Waals surface area contributed by atoms with Crippen LogP contribution in [0.5, 0.6) is 0 Å². The molecular formula is C10H16N4O. The fourth-order valence-electron chi connectivity index (χ4n) is 1.95. The highest BCUT2D eigenvalue weighted by atomic mass is 16.2. The van der Waals surface area contributed by atoms with Crippen LogP contribution in [0.15, 0.2) is 12.3 Å². The standard InChI is InChI=1S/C10H16N4O/c1-7(11)8-3-5-14(6-8)10(15)9-2-4-12-13-9/h2,4,7-8H,3,5-6,11H2,1H3,(H,12,13). The Hall–Kier alpha value is -1.36. The van der Waals surface area contributed by atoms with Crippen molar-refractivity contribution in [2.75, 3.05) is 13.1 Å². The van der Waals surface area contributed by atoms with Crippen LogP contribution >= 0.6 is 0 Å². The van der Waals surface area contributed by atoms with Crippen molar-refractivity contribution < 1.29 is 4.79 Å². The molecule has 5 nitrogen and oxygen atoms in total. The summed E-state index contributed by atoms with van der Waals surface area (Å²) < 4.78 is 0. The van der Waals surface area contributed by atoms with Gasteiger partial charge in [0, 0.05) is 25.3 Å². The van der Waals surface area contributed by atoms with Gasteiger partial charge < -0.3 is 10.6 Å². The largest absolute Gasteiger partial charge is 0.337 e. The molecule has 0 radical (unpaired) electrons. The van der Waals surface area contributed by atoms with Gasteiger partial charge in [-0.25, -0.2) is 0 Å². The smallest absolute Gasteiger partial charge is 0.271 e. The van der Waals surface area contributed by atoms with Crippen LogP contribution in [0.3, 0.4) is 0 Å². The zero-order chi connectivity index (χ0) is 10.8. The predicted molar refractivity (Wildman–Crippen MR) is 56.2 cm³/mol. The number of likely N-dealkylation sites (tertiary alicyclic amines) is 1. The summed E-state index contributed by atoms with van der Waals surface area (Å²) in [4.78, 5) is 13.7. The van der Waals surface area contributed by atoms with Gasteiger partial charge in [-0.3, -0.25) is 9.89 Å². The van der Waals surface area contributed by atoms with Crippen LogP contribution in [0.4, 0.5) is 0 Å². The van der Waals surface area contributed by atoms with Crippen molar-refractivity contribution in [1.29, 1.82) is 0 Å². The second kappa shape index (κ2) is 4.02. The van der Waals surface area contributed by atoms with Crippen LogP contribution in [0.2, 0.25) is 0 Å². The molecule has 1 aromatic heterocycles. The lowest BCUT2D eigenvalue weighted by molar-refractivity contribution is 0.0780. The molecule has 0 aliphatic carbocycles. The first-order chi connectivity index (χ1) is 7.18. The number of nitrogens with two attached hydrogens (primary N) is 1. The summed E-state index contributed by atoms with van der Waals surface area (Å²) in [7, 11) is 0. The molecule has 1 amide bonds. The molecule has 82 valence electrons. The minimum atomic E-state index is 0.0238. The van der Waals surface area contributed by atoms with E-state index < -0.39 is 0 Å². The van der Waals surface area contributed by atoms with Gasteiger partial charge in [0.15, 0.2) is 0 Å². The van der Waals surface area contributed by atoms with Crippen LogP contribution in [-0.2, 0) is 0 Å². The maximum atomic E-state index is 11.9. The van der Waals surface area contributed by atoms with Gasteiger partial charge in [-0.1, -0.05) is 0 Å². The van der Waals surface area contributed by atoms with Crippen molar-refractivity contribution >= 4 is 5.91 Å². The number of aromatic amines is 1. The zero-order valence-electron chi connectivity index (χ0n) is 8.81. The minimum Gasteiger partial charge on any atom is -0.337 e. The highest BCUT2D eigenvalue weighted by Crippen LogP contribution is 2.19. The van der Waals surface area contributed by atoms with E-state index in [0.29, 0.717) is 11.6 Å². The number of carbonyl (C=O) groups excluding carboxylic acids is 1. The first kappa shape index (κ1) is 10.2. The Bertz CT molecular complexity index is 333. The van der Waals surface area contributed by atoms with Crippen molar-refractivity contribution in [1.82, 2.24) is 15.1 Å². The van der Waals surface area contributed by atoms with Crippen molar-refractivity contribution in [3.8, 4) is 0 Å². The minimum absolute atomic E-state index is 0.0238. The van der Waals surface area contributed by atoms with Gasteiger partial charge in [0.25, 0.3) is 5.91 Å². The molecular weight excluding hydrogens is 192 g/mol. The van der Waals surface area contributed by atoms with E-state index in [1.807, 2.05) is 11.8 Å². The number of nitrogens with one attached hydrogen (secondary N) is 1. The number of aromatic nitrogens is 2. The highest BCUT2D eigenvalue weighted by molar-refractivity contribution is 5.92. The fourth-order valence-corrected chi connectivity index (χ4v) is 1.95. The number of nitrogens with zero attached hydrogens (tertiary/aromatic N) is 2. The number of amides is 1. The van der Waals surface area contributed by atoms with E-state index in [4.69, 9.17) is 5.73 Å². The molecule has 1 saturated heterocycles. The summed E-state index contributed by atoms with van der Waals surface area (Å²) in [5.74, 6) is 0.451. The van der Waals surface area contributed by atoms with E-state index in [0.717, 1.165) is 19.5 Å². The molecule has 2 unspecified atom stereocenters. The van der Waals surface area contributed by atoms with Crippen molar-refractivity contribution in [2.45, 2.75) is 19.4 Å². The van der Waals surface area contributed by atoms with E-state index in [1.54, 1.807) is 12.3 Å². The van der Waals surface area contributed by atoms with Crippen molar-refractivity contribution in [3.63, 3.8) is 0 Å². The van der Waals surface area contributed by atoms with Gasteiger partial charge in [-0.2, -0.15) is 5.10 Å². The molecule has 0 saturated carbocycles.